The number of hydrogen-bond donors (Lipinski definition) is 2. The highest BCUT2D eigenvalue weighted by Gasteiger charge is 2.19. The van der Waals surface area contributed by atoms with Gasteiger partial charge in [-0.15, -0.1) is 0 Å². The SMILES string of the molecule is CCCn1c(N)c(NN2CCN(C)CC2)c(=O)n(C)c1=O. The Morgan fingerprint density at radius 2 is 1.76 bits per heavy atom. The van der Waals surface area contributed by atoms with Crippen molar-refractivity contribution in [1.82, 2.24) is 19.0 Å². The molecule has 0 aromatic carbocycles. The lowest BCUT2D eigenvalue weighted by Crippen LogP contribution is -2.49. The minimum Gasteiger partial charge on any atom is -0.383 e. The lowest BCUT2D eigenvalue weighted by molar-refractivity contribution is 0.179. The Hall–Kier alpha value is -1.80. The van der Waals surface area contributed by atoms with Crippen molar-refractivity contribution >= 4 is 11.5 Å². The number of rotatable bonds is 4. The summed E-state index contributed by atoms with van der Waals surface area (Å²) in [5.41, 5.74) is 8.66. The van der Waals surface area contributed by atoms with Crippen LogP contribution in [0.3, 0.4) is 0 Å². The fourth-order valence-electron chi connectivity index (χ4n) is 2.40. The first-order chi connectivity index (χ1) is 9.95. The number of nitrogens with one attached hydrogen (secondary N) is 1. The molecule has 8 nitrogen and oxygen atoms in total. The monoisotopic (exact) mass is 296 g/mol. The molecule has 1 fully saturated rings. The first-order valence-corrected chi connectivity index (χ1v) is 7.25. The zero-order valence-electron chi connectivity index (χ0n) is 12.9. The van der Waals surface area contributed by atoms with Crippen LogP contribution in [0.2, 0.25) is 0 Å². The van der Waals surface area contributed by atoms with Crippen LogP contribution in [0.25, 0.3) is 0 Å². The van der Waals surface area contributed by atoms with E-state index in [4.69, 9.17) is 5.73 Å². The summed E-state index contributed by atoms with van der Waals surface area (Å²) in [5, 5.41) is 1.97. The van der Waals surface area contributed by atoms with Crippen molar-refractivity contribution in [2.75, 3.05) is 44.4 Å². The summed E-state index contributed by atoms with van der Waals surface area (Å²) in [7, 11) is 3.54. The molecule has 1 aliphatic heterocycles. The van der Waals surface area contributed by atoms with Crippen molar-refractivity contribution < 1.29 is 0 Å². The molecule has 21 heavy (non-hydrogen) atoms. The minimum absolute atomic E-state index is 0.212. The molecule has 2 rings (SSSR count). The first-order valence-electron chi connectivity index (χ1n) is 7.25. The zero-order valence-corrected chi connectivity index (χ0v) is 12.9. The van der Waals surface area contributed by atoms with E-state index in [9.17, 15) is 9.59 Å². The third-order valence-corrected chi connectivity index (χ3v) is 3.80. The number of hydrogen-bond acceptors (Lipinski definition) is 6. The maximum Gasteiger partial charge on any atom is 0.332 e. The Morgan fingerprint density at radius 3 is 2.33 bits per heavy atom. The maximum atomic E-state index is 12.3. The van der Waals surface area contributed by atoms with Crippen molar-refractivity contribution in [2.24, 2.45) is 7.05 Å². The van der Waals surface area contributed by atoms with Crippen LogP contribution in [0, 0.1) is 0 Å². The number of nitrogens with two attached hydrogens (primary N) is 1. The molecule has 0 spiro atoms. The van der Waals surface area contributed by atoms with Gasteiger partial charge in [-0.2, -0.15) is 0 Å². The first kappa shape index (κ1) is 15.6. The Bertz CT molecular complexity index is 612. The quantitative estimate of drug-likeness (QED) is 0.750. The fourth-order valence-corrected chi connectivity index (χ4v) is 2.40. The molecule has 0 radical (unpaired) electrons. The zero-order chi connectivity index (χ0) is 15.6. The van der Waals surface area contributed by atoms with Crippen molar-refractivity contribution in [3.63, 3.8) is 0 Å². The Kier molecular flexibility index (Phi) is 4.69. The largest absolute Gasteiger partial charge is 0.383 e. The summed E-state index contributed by atoms with van der Waals surface area (Å²) in [5.74, 6) is 0.212. The van der Waals surface area contributed by atoms with E-state index in [0.717, 1.165) is 37.2 Å². The molecule has 1 aromatic rings. The molecule has 0 unspecified atom stereocenters. The topological polar surface area (TPSA) is 88.5 Å². The smallest absolute Gasteiger partial charge is 0.332 e. The summed E-state index contributed by atoms with van der Waals surface area (Å²) in [6.07, 6.45) is 0.774. The molecular weight excluding hydrogens is 272 g/mol. The Balaban J connectivity index is 2.34. The number of aromatic nitrogens is 2. The summed E-state index contributed by atoms with van der Waals surface area (Å²) in [6, 6.07) is 0. The van der Waals surface area contributed by atoms with Gasteiger partial charge >= 0.3 is 5.69 Å². The van der Waals surface area contributed by atoms with E-state index in [1.165, 1.54) is 11.6 Å². The van der Waals surface area contributed by atoms with Crippen molar-refractivity contribution in [1.29, 1.82) is 0 Å². The van der Waals surface area contributed by atoms with E-state index in [2.05, 4.69) is 17.4 Å². The van der Waals surface area contributed by atoms with Crippen molar-refractivity contribution in [3.8, 4) is 0 Å². The van der Waals surface area contributed by atoms with E-state index in [-0.39, 0.29) is 22.8 Å². The van der Waals surface area contributed by atoms with Gasteiger partial charge in [0.1, 0.15) is 5.82 Å². The van der Waals surface area contributed by atoms with Gasteiger partial charge in [0, 0.05) is 39.8 Å². The van der Waals surface area contributed by atoms with Gasteiger partial charge in [0.25, 0.3) is 5.56 Å². The highest BCUT2D eigenvalue weighted by Crippen LogP contribution is 2.13. The van der Waals surface area contributed by atoms with Gasteiger partial charge in [-0.1, -0.05) is 6.92 Å². The molecule has 1 saturated heterocycles. The molecule has 1 aromatic heterocycles. The van der Waals surface area contributed by atoms with E-state index < -0.39 is 0 Å². The molecule has 118 valence electrons. The predicted molar refractivity (Wildman–Crippen MR) is 83.3 cm³/mol. The van der Waals surface area contributed by atoms with E-state index in [0.29, 0.717) is 6.54 Å². The van der Waals surface area contributed by atoms with Gasteiger partial charge in [0.2, 0.25) is 0 Å². The van der Waals surface area contributed by atoms with Gasteiger partial charge in [0.05, 0.1) is 0 Å². The van der Waals surface area contributed by atoms with Crippen LogP contribution in [0.15, 0.2) is 9.59 Å². The second-order valence-corrected chi connectivity index (χ2v) is 5.46. The molecule has 0 amide bonds. The number of piperazine rings is 1. The third-order valence-electron chi connectivity index (χ3n) is 3.80. The van der Waals surface area contributed by atoms with Gasteiger partial charge in [-0.05, 0) is 13.5 Å². The van der Waals surface area contributed by atoms with E-state index in [1.807, 2.05) is 11.9 Å². The molecule has 1 aliphatic rings. The highest BCUT2D eigenvalue weighted by atomic mass is 16.2. The lowest BCUT2D eigenvalue weighted by atomic mass is 10.3. The van der Waals surface area contributed by atoms with Crippen LogP contribution in [0.4, 0.5) is 11.5 Å². The van der Waals surface area contributed by atoms with Gasteiger partial charge in [0.15, 0.2) is 5.69 Å². The second kappa shape index (κ2) is 6.31. The Morgan fingerprint density at radius 1 is 1.14 bits per heavy atom. The molecule has 0 atom stereocenters. The van der Waals surface area contributed by atoms with Gasteiger partial charge < -0.3 is 16.1 Å². The number of likely N-dealkylation sites (N-methyl/N-ethyl adjacent to an activating group) is 1. The van der Waals surface area contributed by atoms with Gasteiger partial charge in [-0.25, -0.2) is 9.80 Å². The minimum atomic E-state index is -0.385. The van der Waals surface area contributed by atoms with Crippen LogP contribution in [-0.4, -0.2) is 52.3 Å². The molecule has 0 saturated carbocycles. The standard InChI is InChI=1S/C13H24N6O2/c1-4-5-19-11(14)10(12(20)17(3)13(19)21)15-18-8-6-16(2)7-9-18/h15H,4-9,14H2,1-3H3. The number of anilines is 2. The van der Waals surface area contributed by atoms with Crippen molar-refractivity contribution in [2.45, 2.75) is 19.9 Å². The molecular formula is C13H24N6O2. The lowest BCUT2D eigenvalue weighted by Gasteiger charge is -2.33. The molecule has 0 bridgehead atoms. The summed E-state index contributed by atoms with van der Waals surface area (Å²) in [4.78, 5) is 26.6. The second-order valence-electron chi connectivity index (χ2n) is 5.46. The number of nitrogens with zero attached hydrogens (tertiary/aromatic N) is 4. The fraction of sp³-hybridized carbons (Fsp3) is 0.692. The van der Waals surface area contributed by atoms with Crippen LogP contribution in [0.1, 0.15) is 13.3 Å². The van der Waals surface area contributed by atoms with Crippen LogP contribution in [-0.2, 0) is 13.6 Å². The van der Waals surface area contributed by atoms with Crippen LogP contribution < -0.4 is 22.4 Å². The maximum absolute atomic E-state index is 12.3. The summed E-state index contributed by atoms with van der Waals surface area (Å²) >= 11 is 0. The highest BCUT2D eigenvalue weighted by molar-refractivity contribution is 5.60. The normalized spacial score (nSPS) is 17.1. The third kappa shape index (κ3) is 3.11. The van der Waals surface area contributed by atoms with Crippen molar-refractivity contribution in [3.05, 3.63) is 20.8 Å². The van der Waals surface area contributed by atoms with Crippen LogP contribution in [0.5, 0.6) is 0 Å². The average Bonchev–Trinajstić information content (AvgIpc) is 2.48. The predicted octanol–water partition coefficient (Wildman–Crippen LogP) is -0.886. The van der Waals surface area contributed by atoms with Gasteiger partial charge in [-0.3, -0.25) is 13.9 Å². The number of hydrazine groups is 1. The molecule has 3 N–H and O–H groups in total. The van der Waals surface area contributed by atoms with E-state index >= 15 is 0 Å². The molecule has 8 heteroatoms. The Labute approximate surface area is 123 Å². The van der Waals surface area contributed by atoms with E-state index in [1.54, 1.807) is 0 Å². The summed E-state index contributed by atoms with van der Waals surface area (Å²) < 4.78 is 2.55. The summed E-state index contributed by atoms with van der Waals surface area (Å²) in [6.45, 7) is 5.89. The molecule has 0 aliphatic carbocycles. The number of nitrogen functional groups attached to an aromatic ring is 1. The van der Waals surface area contributed by atoms with Crippen LogP contribution >= 0.6 is 0 Å². The average molecular weight is 296 g/mol. The molecule has 2 heterocycles.